The minimum atomic E-state index is -3.58. The van der Waals surface area contributed by atoms with Crippen molar-refractivity contribution >= 4 is 15.9 Å². The van der Waals surface area contributed by atoms with E-state index < -0.39 is 10.0 Å². The van der Waals surface area contributed by atoms with E-state index in [2.05, 4.69) is 15.4 Å². The van der Waals surface area contributed by atoms with Crippen molar-refractivity contribution < 1.29 is 17.7 Å². The SMILES string of the molecule is Cc1noc(C)c1S(=O)(=O)N1CCC2(CC1)CC1C(=O)NCCN1C2. The summed E-state index contributed by atoms with van der Waals surface area (Å²) in [6.07, 6.45) is 2.41. The van der Waals surface area contributed by atoms with Gasteiger partial charge in [0.25, 0.3) is 0 Å². The normalized spacial score (nSPS) is 27.4. The number of carbonyl (C=O) groups is 1. The fraction of sp³-hybridized carbons (Fsp3) is 0.750. The fourth-order valence-electron chi connectivity index (χ4n) is 4.61. The van der Waals surface area contributed by atoms with E-state index in [-0.39, 0.29) is 22.3 Å². The maximum atomic E-state index is 12.9. The molecule has 8 nitrogen and oxygen atoms in total. The Hall–Kier alpha value is -1.45. The zero-order chi connectivity index (χ0) is 17.8. The number of piperidine rings is 1. The van der Waals surface area contributed by atoms with Gasteiger partial charge in [0, 0.05) is 32.7 Å². The Morgan fingerprint density at radius 1 is 1.24 bits per heavy atom. The first-order valence-electron chi connectivity index (χ1n) is 8.77. The molecule has 1 aromatic rings. The van der Waals surface area contributed by atoms with E-state index in [1.807, 2.05) is 0 Å². The zero-order valence-electron chi connectivity index (χ0n) is 14.6. The van der Waals surface area contributed by atoms with Gasteiger partial charge in [-0.2, -0.15) is 4.31 Å². The van der Waals surface area contributed by atoms with Crippen LogP contribution in [0.4, 0.5) is 0 Å². The highest BCUT2D eigenvalue weighted by molar-refractivity contribution is 7.89. The van der Waals surface area contributed by atoms with Crippen molar-refractivity contribution in [1.82, 2.24) is 19.7 Å². The van der Waals surface area contributed by atoms with Crippen LogP contribution in [-0.2, 0) is 14.8 Å². The summed E-state index contributed by atoms with van der Waals surface area (Å²) in [7, 11) is -3.58. The zero-order valence-corrected chi connectivity index (χ0v) is 15.4. The third kappa shape index (κ3) is 2.69. The van der Waals surface area contributed by atoms with Crippen LogP contribution in [-0.4, -0.2) is 67.5 Å². The van der Waals surface area contributed by atoms with Crippen LogP contribution in [0.15, 0.2) is 9.42 Å². The number of aromatic nitrogens is 1. The van der Waals surface area contributed by atoms with Gasteiger partial charge in [-0.05, 0) is 38.5 Å². The molecule has 0 aromatic carbocycles. The van der Waals surface area contributed by atoms with Gasteiger partial charge >= 0.3 is 0 Å². The van der Waals surface area contributed by atoms with Crippen LogP contribution in [0, 0.1) is 19.3 Å². The molecule has 0 radical (unpaired) electrons. The molecule has 3 fully saturated rings. The van der Waals surface area contributed by atoms with Gasteiger partial charge in [-0.25, -0.2) is 8.42 Å². The summed E-state index contributed by atoms with van der Waals surface area (Å²) in [5.74, 6) is 0.460. The van der Waals surface area contributed by atoms with Crippen molar-refractivity contribution in [2.24, 2.45) is 5.41 Å². The van der Waals surface area contributed by atoms with E-state index in [9.17, 15) is 13.2 Å². The number of nitrogens with zero attached hydrogens (tertiary/aromatic N) is 3. The van der Waals surface area contributed by atoms with Crippen LogP contribution in [0.5, 0.6) is 0 Å². The Kier molecular flexibility index (Phi) is 3.93. The largest absolute Gasteiger partial charge is 0.360 e. The highest BCUT2D eigenvalue weighted by atomic mass is 32.2. The summed E-state index contributed by atoms with van der Waals surface area (Å²) in [5.41, 5.74) is 0.462. The second-order valence-corrected chi connectivity index (χ2v) is 9.41. The number of nitrogens with one attached hydrogen (secondary N) is 1. The van der Waals surface area contributed by atoms with Gasteiger partial charge in [0.15, 0.2) is 5.76 Å². The second kappa shape index (κ2) is 5.78. The lowest BCUT2D eigenvalue weighted by molar-refractivity contribution is -0.127. The smallest absolute Gasteiger partial charge is 0.248 e. The van der Waals surface area contributed by atoms with E-state index in [1.165, 1.54) is 0 Å². The minimum absolute atomic E-state index is 0.0422. The molecular weight excluding hydrogens is 344 g/mol. The molecule has 4 heterocycles. The Labute approximate surface area is 147 Å². The third-order valence-electron chi connectivity index (χ3n) is 5.96. The van der Waals surface area contributed by atoms with Crippen molar-refractivity contribution in [2.75, 3.05) is 32.7 Å². The summed E-state index contributed by atoms with van der Waals surface area (Å²) in [4.78, 5) is 14.5. The average molecular weight is 368 g/mol. The number of carbonyl (C=O) groups excluding carboxylic acids is 1. The van der Waals surface area contributed by atoms with Gasteiger partial charge in [-0.1, -0.05) is 5.16 Å². The summed E-state index contributed by atoms with van der Waals surface area (Å²) in [6.45, 7) is 6.74. The number of hydrogen-bond donors (Lipinski definition) is 1. The topological polar surface area (TPSA) is 95.8 Å². The molecule has 4 rings (SSSR count). The molecule has 25 heavy (non-hydrogen) atoms. The quantitative estimate of drug-likeness (QED) is 0.805. The molecule has 3 saturated heterocycles. The summed E-state index contributed by atoms with van der Waals surface area (Å²) >= 11 is 0. The Morgan fingerprint density at radius 2 is 1.96 bits per heavy atom. The van der Waals surface area contributed by atoms with E-state index in [0.717, 1.165) is 32.4 Å². The van der Waals surface area contributed by atoms with Gasteiger partial charge < -0.3 is 9.84 Å². The Balaban J connectivity index is 1.50. The van der Waals surface area contributed by atoms with Crippen LogP contribution in [0.1, 0.15) is 30.7 Å². The Bertz CT molecular complexity index is 776. The number of piperazine rings is 1. The number of hydrogen-bond acceptors (Lipinski definition) is 6. The average Bonchev–Trinajstić information content (AvgIpc) is 3.09. The van der Waals surface area contributed by atoms with Crippen molar-refractivity contribution in [3.8, 4) is 0 Å². The molecule has 0 aliphatic carbocycles. The van der Waals surface area contributed by atoms with Crippen LogP contribution in [0.3, 0.4) is 0 Å². The van der Waals surface area contributed by atoms with Gasteiger partial charge in [0.05, 0.1) is 6.04 Å². The number of rotatable bonds is 2. The lowest BCUT2D eigenvalue weighted by Gasteiger charge is -2.38. The van der Waals surface area contributed by atoms with E-state index in [4.69, 9.17) is 4.52 Å². The first-order valence-corrected chi connectivity index (χ1v) is 10.2. The summed E-state index contributed by atoms with van der Waals surface area (Å²) in [6, 6.07) is -0.0422. The fourth-order valence-corrected chi connectivity index (χ4v) is 6.35. The van der Waals surface area contributed by atoms with Crippen LogP contribution < -0.4 is 5.32 Å². The molecule has 138 valence electrons. The minimum Gasteiger partial charge on any atom is -0.360 e. The van der Waals surface area contributed by atoms with Crippen LogP contribution in [0.25, 0.3) is 0 Å². The molecule has 1 amide bonds. The predicted molar refractivity (Wildman–Crippen MR) is 89.4 cm³/mol. The highest BCUT2D eigenvalue weighted by Gasteiger charge is 2.50. The summed E-state index contributed by atoms with van der Waals surface area (Å²) in [5, 5.41) is 6.71. The van der Waals surface area contributed by atoms with Gasteiger partial charge in [-0.15, -0.1) is 0 Å². The van der Waals surface area contributed by atoms with E-state index in [1.54, 1.807) is 18.2 Å². The molecule has 1 atom stereocenters. The molecule has 9 heteroatoms. The number of amides is 1. The first-order chi connectivity index (χ1) is 11.8. The lowest BCUT2D eigenvalue weighted by Crippen LogP contribution is -2.52. The van der Waals surface area contributed by atoms with Gasteiger partial charge in [0.1, 0.15) is 10.6 Å². The number of aryl methyl sites for hydroxylation is 2. The van der Waals surface area contributed by atoms with Crippen molar-refractivity contribution in [3.63, 3.8) is 0 Å². The van der Waals surface area contributed by atoms with E-state index in [0.29, 0.717) is 31.1 Å². The summed E-state index contributed by atoms with van der Waals surface area (Å²) < 4.78 is 32.5. The van der Waals surface area contributed by atoms with Crippen molar-refractivity contribution in [3.05, 3.63) is 11.5 Å². The Morgan fingerprint density at radius 3 is 2.56 bits per heavy atom. The van der Waals surface area contributed by atoms with Gasteiger partial charge in [-0.3, -0.25) is 9.69 Å². The number of fused-ring (bicyclic) bond motifs is 1. The third-order valence-corrected chi connectivity index (χ3v) is 8.10. The molecule has 1 aromatic heterocycles. The first kappa shape index (κ1) is 17.0. The molecule has 1 N–H and O–H groups in total. The second-order valence-electron chi connectivity index (χ2n) is 7.54. The molecule has 0 saturated carbocycles. The maximum absolute atomic E-state index is 12.9. The van der Waals surface area contributed by atoms with Crippen molar-refractivity contribution in [2.45, 2.75) is 44.0 Å². The van der Waals surface area contributed by atoms with Crippen molar-refractivity contribution in [1.29, 1.82) is 0 Å². The number of sulfonamides is 1. The standard InChI is InChI=1S/C16H24N4O4S/c1-11-14(12(2)24-18-11)25(22,23)20-6-3-16(4-7-20)9-13-15(21)17-5-8-19(13)10-16/h13H,3-10H2,1-2H3,(H,17,21). The van der Waals surface area contributed by atoms with Crippen LogP contribution >= 0.6 is 0 Å². The van der Waals surface area contributed by atoms with E-state index >= 15 is 0 Å². The molecule has 1 unspecified atom stereocenters. The maximum Gasteiger partial charge on any atom is 0.248 e. The molecule has 0 bridgehead atoms. The highest BCUT2D eigenvalue weighted by Crippen LogP contribution is 2.44. The molecular formula is C16H24N4O4S. The monoisotopic (exact) mass is 368 g/mol. The molecule has 1 spiro atoms. The predicted octanol–water partition coefficient (Wildman–Crippen LogP) is 0.266. The lowest BCUT2D eigenvalue weighted by atomic mass is 9.77. The molecule has 3 aliphatic rings. The van der Waals surface area contributed by atoms with Gasteiger partial charge in [0.2, 0.25) is 15.9 Å². The molecule has 3 aliphatic heterocycles. The van der Waals surface area contributed by atoms with Crippen LogP contribution in [0.2, 0.25) is 0 Å².